The van der Waals surface area contributed by atoms with Crippen LogP contribution in [0, 0.1) is 10.1 Å². The average Bonchev–Trinajstić information content (AvgIpc) is 2.37. The summed E-state index contributed by atoms with van der Waals surface area (Å²) in [5.41, 5.74) is 3.93. The summed E-state index contributed by atoms with van der Waals surface area (Å²) < 4.78 is 10.5. The van der Waals surface area contributed by atoms with Gasteiger partial charge >= 0.3 is 11.7 Å². The number of hydrogen-bond acceptors (Lipinski definition) is 6. The Labute approximate surface area is 121 Å². The van der Waals surface area contributed by atoms with Gasteiger partial charge in [0.1, 0.15) is 11.3 Å². The van der Waals surface area contributed by atoms with E-state index >= 15 is 0 Å². The number of nitro groups is 1. The van der Waals surface area contributed by atoms with Crippen molar-refractivity contribution in [3.63, 3.8) is 0 Å². The number of rotatable bonds is 7. The van der Waals surface area contributed by atoms with Crippen molar-refractivity contribution >= 4 is 11.7 Å². The lowest BCUT2D eigenvalue weighted by atomic mass is 9.96. The number of nitro benzene ring substituents is 1. The van der Waals surface area contributed by atoms with Crippen molar-refractivity contribution in [2.24, 2.45) is 5.73 Å². The number of aliphatic carboxylic acids is 1. The molecule has 1 aromatic carbocycles. The SMILES string of the molecule is COc1ccc([N+](=O)[O-])c(OC(C)CC(C)(N)C(=O)O)c1. The zero-order valence-corrected chi connectivity index (χ0v) is 12.0. The summed E-state index contributed by atoms with van der Waals surface area (Å²) >= 11 is 0. The van der Waals surface area contributed by atoms with Gasteiger partial charge < -0.3 is 20.3 Å². The van der Waals surface area contributed by atoms with Gasteiger partial charge in [0.15, 0.2) is 0 Å². The Morgan fingerprint density at radius 2 is 2.19 bits per heavy atom. The van der Waals surface area contributed by atoms with E-state index in [-0.39, 0.29) is 17.9 Å². The van der Waals surface area contributed by atoms with Gasteiger partial charge in [-0.2, -0.15) is 0 Å². The molecular formula is C13H18N2O6. The number of methoxy groups -OCH3 is 1. The lowest BCUT2D eigenvalue weighted by molar-refractivity contribution is -0.386. The second-order valence-electron chi connectivity index (χ2n) is 4.95. The van der Waals surface area contributed by atoms with Gasteiger partial charge in [0.2, 0.25) is 5.75 Å². The van der Waals surface area contributed by atoms with E-state index in [1.54, 1.807) is 6.92 Å². The standard InChI is InChI=1S/C13H18N2O6/c1-8(7-13(2,14)12(16)17)21-11-6-9(20-3)4-5-10(11)15(18)19/h4-6,8H,7,14H2,1-3H3,(H,16,17). The van der Waals surface area contributed by atoms with Gasteiger partial charge in [-0.15, -0.1) is 0 Å². The van der Waals surface area contributed by atoms with Crippen molar-refractivity contribution in [2.45, 2.75) is 31.9 Å². The van der Waals surface area contributed by atoms with Crippen LogP contribution in [0.1, 0.15) is 20.3 Å². The first-order chi connectivity index (χ1) is 9.67. The molecule has 1 rings (SSSR count). The molecule has 0 spiro atoms. The number of hydrogen-bond donors (Lipinski definition) is 2. The molecule has 1 aromatic rings. The normalized spacial score (nSPS) is 14.9. The highest BCUT2D eigenvalue weighted by Crippen LogP contribution is 2.32. The molecule has 0 heterocycles. The van der Waals surface area contributed by atoms with Crippen LogP contribution in [-0.2, 0) is 4.79 Å². The fourth-order valence-corrected chi connectivity index (χ4v) is 1.81. The van der Waals surface area contributed by atoms with Gasteiger partial charge in [-0.3, -0.25) is 14.9 Å². The molecule has 2 unspecified atom stereocenters. The van der Waals surface area contributed by atoms with Crippen LogP contribution < -0.4 is 15.2 Å². The lowest BCUT2D eigenvalue weighted by Crippen LogP contribution is -2.47. The van der Waals surface area contributed by atoms with Crippen molar-refractivity contribution in [1.82, 2.24) is 0 Å². The van der Waals surface area contributed by atoms with Gasteiger partial charge in [-0.1, -0.05) is 0 Å². The molecule has 3 N–H and O–H groups in total. The summed E-state index contributed by atoms with van der Waals surface area (Å²) in [4.78, 5) is 21.4. The van der Waals surface area contributed by atoms with E-state index < -0.39 is 22.5 Å². The molecule has 21 heavy (non-hydrogen) atoms. The van der Waals surface area contributed by atoms with Crippen molar-refractivity contribution < 1.29 is 24.3 Å². The minimum Gasteiger partial charge on any atom is -0.497 e. The van der Waals surface area contributed by atoms with Crippen LogP contribution in [0.2, 0.25) is 0 Å². The summed E-state index contributed by atoms with van der Waals surface area (Å²) in [6, 6.07) is 4.09. The van der Waals surface area contributed by atoms with Gasteiger partial charge in [0, 0.05) is 18.6 Å². The largest absolute Gasteiger partial charge is 0.497 e. The molecule has 0 bridgehead atoms. The van der Waals surface area contributed by atoms with Gasteiger partial charge in [-0.25, -0.2) is 0 Å². The van der Waals surface area contributed by atoms with Crippen molar-refractivity contribution in [1.29, 1.82) is 0 Å². The fraction of sp³-hybridized carbons (Fsp3) is 0.462. The second kappa shape index (κ2) is 6.40. The van der Waals surface area contributed by atoms with E-state index in [4.69, 9.17) is 20.3 Å². The van der Waals surface area contributed by atoms with E-state index in [2.05, 4.69) is 0 Å². The monoisotopic (exact) mass is 298 g/mol. The van der Waals surface area contributed by atoms with Crippen molar-refractivity contribution in [3.8, 4) is 11.5 Å². The molecule has 0 aromatic heterocycles. The summed E-state index contributed by atoms with van der Waals surface area (Å²) in [6.45, 7) is 2.95. The number of carboxylic acid groups (broad SMARTS) is 1. The fourth-order valence-electron chi connectivity index (χ4n) is 1.81. The highest BCUT2D eigenvalue weighted by atomic mass is 16.6. The maximum Gasteiger partial charge on any atom is 0.323 e. The Bertz CT molecular complexity index is 543. The van der Waals surface area contributed by atoms with Crippen LogP contribution in [-0.4, -0.2) is 34.8 Å². The molecule has 0 amide bonds. The molecule has 0 aliphatic carbocycles. The maximum atomic E-state index is 11.0. The van der Waals surface area contributed by atoms with Gasteiger partial charge in [0.05, 0.1) is 18.1 Å². The third-order valence-corrected chi connectivity index (χ3v) is 2.89. The Morgan fingerprint density at radius 1 is 1.57 bits per heavy atom. The zero-order chi connectivity index (χ0) is 16.2. The number of nitrogens with zero attached hydrogens (tertiary/aromatic N) is 1. The molecular weight excluding hydrogens is 280 g/mol. The van der Waals surface area contributed by atoms with E-state index in [9.17, 15) is 14.9 Å². The first-order valence-corrected chi connectivity index (χ1v) is 6.18. The highest BCUT2D eigenvalue weighted by molar-refractivity contribution is 5.77. The minimum atomic E-state index is -1.48. The molecule has 2 atom stereocenters. The van der Waals surface area contributed by atoms with Crippen LogP contribution in [0.4, 0.5) is 5.69 Å². The quantitative estimate of drug-likeness (QED) is 0.578. The Kier molecular flexibility index (Phi) is 5.09. The van der Waals surface area contributed by atoms with Crippen LogP contribution in [0.25, 0.3) is 0 Å². The summed E-state index contributed by atoms with van der Waals surface area (Å²) in [5, 5.41) is 19.9. The Balaban J connectivity index is 2.95. The van der Waals surface area contributed by atoms with Crippen molar-refractivity contribution in [3.05, 3.63) is 28.3 Å². The minimum absolute atomic E-state index is 0.00328. The first kappa shape index (κ1) is 16.7. The molecule has 8 nitrogen and oxygen atoms in total. The first-order valence-electron chi connectivity index (χ1n) is 6.18. The number of nitrogens with two attached hydrogens (primary N) is 1. The van der Waals surface area contributed by atoms with Crippen molar-refractivity contribution in [2.75, 3.05) is 7.11 Å². The molecule has 116 valence electrons. The highest BCUT2D eigenvalue weighted by Gasteiger charge is 2.31. The molecule has 0 radical (unpaired) electrons. The Morgan fingerprint density at radius 3 is 2.67 bits per heavy atom. The number of ether oxygens (including phenoxy) is 2. The average molecular weight is 298 g/mol. The third kappa shape index (κ3) is 4.32. The molecule has 0 saturated carbocycles. The zero-order valence-electron chi connectivity index (χ0n) is 12.0. The van der Waals surface area contributed by atoms with Crippen LogP contribution >= 0.6 is 0 Å². The third-order valence-electron chi connectivity index (χ3n) is 2.89. The summed E-state index contributed by atoms with van der Waals surface area (Å²) in [7, 11) is 1.43. The summed E-state index contributed by atoms with van der Waals surface area (Å²) in [6.07, 6.45) is -0.627. The maximum absolute atomic E-state index is 11.0. The van der Waals surface area contributed by atoms with E-state index in [0.717, 1.165) is 0 Å². The summed E-state index contributed by atoms with van der Waals surface area (Å²) in [5.74, 6) is -0.761. The predicted molar refractivity (Wildman–Crippen MR) is 74.6 cm³/mol. The predicted octanol–water partition coefficient (Wildman–Crippen LogP) is 1.56. The number of carboxylic acids is 1. The van der Waals surface area contributed by atoms with Gasteiger partial charge in [0.25, 0.3) is 0 Å². The Hall–Kier alpha value is -2.35. The molecule has 0 saturated heterocycles. The van der Waals surface area contributed by atoms with E-state index in [1.165, 1.54) is 32.2 Å². The molecule has 0 aliphatic rings. The molecule has 0 fully saturated rings. The van der Waals surface area contributed by atoms with Crippen LogP contribution in [0.15, 0.2) is 18.2 Å². The topological polar surface area (TPSA) is 125 Å². The van der Waals surface area contributed by atoms with E-state index in [0.29, 0.717) is 5.75 Å². The van der Waals surface area contributed by atoms with Crippen LogP contribution in [0.5, 0.6) is 11.5 Å². The van der Waals surface area contributed by atoms with Gasteiger partial charge in [-0.05, 0) is 19.9 Å². The van der Waals surface area contributed by atoms with Crippen LogP contribution in [0.3, 0.4) is 0 Å². The molecule has 8 heteroatoms. The van der Waals surface area contributed by atoms with E-state index in [1.807, 2.05) is 0 Å². The number of benzene rings is 1. The molecule has 0 aliphatic heterocycles. The second-order valence-corrected chi connectivity index (χ2v) is 4.95. The smallest absolute Gasteiger partial charge is 0.323 e. The lowest BCUT2D eigenvalue weighted by Gasteiger charge is -2.24. The number of carbonyl (C=O) groups is 1.